The molecule has 1 aliphatic heterocycles. The highest BCUT2D eigenvalue weighted by molar-refractivity contribution is 7.98. The molecule has 3 aromatic carbocycles. The number of Topliss-reactive ketones (excluding diaryl/α,β-unsaturated/α-hetero) is 1. The Hall–Kier alpha value is -2.30. The van der Waals surface area contributed by atoms with Gasteiger partial charge in [-0.25, -0.2) is 0 Å². The van der Waals surface area contributed by atoms with Gasteiger partial charge in [0, 0.05) is 27.3 Å². The summed E-state index contributed by atoms with van der Waals surface area (Å²) in [5.74, 6) is 3.75. The van der Waals surface area contributed by atoms with Crippen LogP contribution in [-0.2, 0) is 15.6 Å². The molecule has 1 saturated heterocycles. The van der Waals surface area contributed by atoms with Crippen molar-refractivity contribution < 1.29 is 14.3 Å². The van der Waals surface area contributed by atoms with Gasteiger partial charge >= 0.3 is 0 Å². The van der Waals surface area contributed by atoms with Crippen LogP contribution in [0.2, 0.25) is 0 Å². The van der Waals surface area contributed by atoms with Gasteiger partial charge in [0.15, 0.2) is 5.25 Å². The maximum atomic E-state index is 13.9. The largest absolute Gasteiger partial charge is 0.457 e. The van der Waals surface area contributed by atoms with Crippen molar-refractivity contribution in [2.45, 2.75) is 26.0 Å². The quantitative estimate of drug-likeness (QED) is 0.381. The van der Waals surface area contributed by atoms with Crippen molar-refractivity contribution in [3.8, 4) is 11.5 Å². The standard InChI is InChI=1S/C26H29O3S/c1-26(2,3)25(30-17-15-28-16-18-30)24(27)22-13-14-23(21-12-8-7-11-20(21)22)29-19-9-5-4-6-10-19/h4-14,25H,15-18H2,1-3H3/q+1. The Morgan fingerprint density at radius 1 is 0.900 bits per heavy atom. The Kier molecular flexibility index (Phi) is 6.16. The zero-order valence-electron chi connectivity index (χ0n) is 17.9. The van der Waals surface area contributed by atoms with Crippen LogP contribution in [-0.4, -0.2) is 35.8 Å². The molecule has 156 valence electrons. The lowest BCUT2D eigenvalue weighted by Crippen LogP contribution is -2.47. The second-order valence-corrected chi connectivity index (χ2v) is 11.1. The minimum Gasteiger partial charge on any atom is -0.457 e. The lowest BCUT2D eigenvalue weighted by Gasteiger charge is -2.31. The van der Waals surface area contributed by atoms with Crippen LogP contribution in [0.25, 0.3) is 10.8 Å². The smallest absolute Gasteiger partial charge is 0.216 e. The summed E-state index contributed by atoms with van der Waals surface area (Å²) in [4.78, 5) is 13.9. The molecule has 4 heteroatoms. The third-order valence-corrected chi connectivity index (χ3v) is 8.43. The van der Waals surface area contributed by atoms with E-state index in [1.165, 1.54) is 0 Å². The molecular weight excluding hydrogens is 392 g/mol. The molecule has 1 atom stereocenters. The van der Waals surface area contributed by atoms with E-state index in [1.54, 1.807) is 0 Å². The highest BCUT2D eigenvalue weighted by Crippen LogP contribution is 2.36. The van der Waals surface area contributed by atoms with Gasteiger partial charge in [-0.15, -0.1) is 0 Å². The molecule has 3 aromatic rings. The lowest BCUT2D eigenvalue weighted by molar-refractivity contribution is 0.0947. The van der Waals surface area contributed by atoms with E-state index < -0.39 is 0 Å². The van der Waals surface area contributed by atoms with Crippen molar-refractivity contribution in [2.75, 3.05) is 24.7 Å². The number of ether oxygens (including phenoxy) is 2. The molecule has 0 aliphatic carbocycles. The van der Waals surface area contributed by atoms with Gasteiger partial charge in [-0.05, 0) is 29.7 Å². The second-order valence-electron chi connectivity index (χ2n) is 8.74. The number of carbonyl (C=O) groups excluding carboxylic acids is 1. The summed E-state index contributed by atoms with van der Waals surface area (Å²) in [6, 6.07) is 21.7. The third kappa shape index (κ3) is 4.40. The maximum absolute atomic E-state index is 13.9. The average Bonchev–Trinajstić information content (AvgIpc) is 2.74. The number of ketones is 1. The monoisotopic (exact) mass is 421 g/mol. The van der Waals surface area contributed by atoms with E-state index in [1.807, 2.05) is 66.7 Å². The first-order chi connectivity index (χ1) is 14.4. The molecular formula is C26H29O3S+. The summed E-state index contributed by atoms with van der Waals surface area (Å²) < 4.78 is 11.7. The minimum atomic E-state index is -0.0994. The predicted octanol–water partition coefficient (Wildman–Crippen LogP) is 5.88. The molecule has 3 nitrogen and oxygen atoms in total. The molecule has 1 fully saturated rings. The van der Waals surface area contributed by atoms with E-state index in [-0.39, 0.29) is 27.3 Å². The molecule has 30 heavy (non-hydrogen) atoms. The fourth-order valence-electron chi connectivity index (χ4n) is 4.15. The zero-order valence-corrected chi connectivity index (χ0v) is 18.7. The zero-order chi connectivity index (χ0) is 21.1. The van der Waals surface area contributed by atoms with Crippen molar-refractivity contribution in [1.82, 2.24) is 0 Å². The fraction of sp³-hybridized carbons (Fsp3) is 0.346. The van der Waals surface area contributed by atoms with Gasteiger partial charge in [0.2, 0.25) is 5.78 Å². The van der Waals surface area contributed by atoms with Crippen LogP contribution < -0.4 is 4.74 Å². The molecule has 0 N–H and O–H groups in total. The minimum absolute atomic E-state index is 0.00861. The topological polar surface area (TPSA) is 35.5 Å². The van der Waals surface area contributed by atoms with Gasteiger partial charge in [-0.1, -0.05) is 63.2 Å². The molecule has 1 aliphatic rings. The summed E-state index contributed by atoms with van der Waals surface area (Å²) in [7, 11) is 0.0320. The lowest BCUT2D eigenvalue weighted by atomic mass is 9.86. The maximum Gasteiger partial charge on any atom is 0.216 e. The number of para-hydroxylation sites is 1. The second kappa shape index (κ2) is 8.83. The first-order valence-corrected chi connectivity index (χ1v) is 12.1. The van der Waals surface area contributed by atoms with Crippen LogP contribution in [0.5, 0.6) is 11.5 Å². The number of benzene rings is 3. The number of carbonyl (C=O) groups is 1. The summed E-state index contributed by atoms with van der Waals surface area (Å²) in [6.07, 6.45) is 0. The first-order valence-electron chi connectivity index (χ1n) is 10.5. The Morgan fingerprint density at radius 2 is 1.53 bits per heavy atom. The van der Waals surface area contributed by atoms with Crippen molar-refractivity contribution in [2.24, 2.45) is 5.41 Å². The van der Waals surface area contributed by atoms with Gasteiger partial charge in [-0.3, -0.25) is 4.79 Å². The van der Waals surface area contributed by atoms with Gasteiger partial charge in [0.05, 0.1) is 13.2 Å². The molecule has 0 spiro atoms. The molecule has 1 unspecified atom stereocenters. The highest BCUT2D eigenvalue weighted by Gasteiger charge is 2.46. The number of fused-ring (bicyclic) bond motifs is 1. The molecule has 0 amide bonds. The molecule has 0 bridgehead atoms. The van der Waals surface area contributed by atoms with Crippen molar-refractivity contribution in [3.05, 3.63) is 72.3 Å². The summed E-state index contributed by atoms with van der Waals surface area (Å²) >= 11 is 0. The number of hydrogen-bond acceptors (Lipinski definition) is 3. The average molecular weight is 422 g/mol. The number of rotatable bonds is 5. The van der Waals surface area contributed by atoms with Crippen molar-refractivity contribution in [3.63, 3.8) is 0 Å². The SMILES string of the molecule is CC(C)(C)C(C(=O)c1ccc(Oc2ccccc2)c2ccccc12)[S+]1CCOCC1. The van der Waals surface area contributed by atoms with E-state index in [0.29, 0.717) is 0 Å². The fourth-order valence-corrected chi connectivity index (χ4v) is 6.92. The van der Waals surface area contributed by atoms with Gasteiger partial charge in [0.1, 0.15) is 23.0 Å². The van der Waals surface area contributed by atoms with Crippen LogP contribution in [0.1, 0.15) is 31.1 Å². The summed E-state index contributed by atoms with van der Waals surface area (Å²) in [5.41, 5.74) is 0.697. The third-order valence-electron chi connectivity index (χ3n) is 5.46. The van der Waals surface area contributed by atoms with Crippen LogP contribution >= 0.6 is 0 Å². The number of hydrogen-bond donors (Lipinski definition) is 0. The Labute approximate surface area is 181 Å². The Bertz CT molecular complexity index is 1020. The highest BCUT2D eigenvalue weighted by atomic mass is 32.2. The van der Waals surface area contributed by atoms with Crippen molar-refractivity contribution in [1.29, 1.82) is 0 Å². The molecule has 4 rings (SSSR count). The molecule has 1 heterocycles. The van der Waals surface area contributed by atoms with E-state index in [9.17, 15) is 4.79 Å². The van der Waals surface area contributed by atoms with Gasteiger partial charge in [-0.2, -0.15) is 0 Å². The van der Waals surface area contributed by atoms with Crippen molar-refractivity contribution >= 4 is 27.5 Å². The summed E-state index contributed by atoms with van der Waals surface area (Å²) in [6.45, 7) is 8.08. The van der Waals surface area contributed by atoms with Crippen LogP contribution in [0.15, 0.2) is 66.7 Å². The van der Waals surface area contributed by atoms with Crippen LogP contribution in [0.4, 0.5) is 0 Å². The van der Waals surface area contributed by atoms with E-state index in [2.05, 4.69) is 20.8 Å². The van der Waals surface area contributed by atoms with E-state index >= 15 is 0 Å². The Balaban J connectivity index is 1.74. The molecule has 0 saturated carbocycles. The van der Waals surface area contributed by atoms with Gasteiger partial charge < -0.3 is 9.47 Å². The van der Waals surface area contributed by atoms with E-state index in [4.69, 9.17) is 9.47 Å². The van der Waals surface area contributed by atoms with Crippen LogP contribution in [0.3, 0.4) is 0 Å². The summed E-state index contributed by atoms with van der Waals surface area (Å²) in [5, 5.41) is 1.92. The Morgan fingerprint density at radius 3 is 2.20 bits per heavy atom. The predicted molar refractivity (Wildman–Crippen MR) is 126 cm³/mol. The molecule has 0 radical (unpaired) electrons. The van der Waals surface area contributed by atoms with Gasteiger partial charge in [0.25, 0.3) is 0 Å². The molecule has 0 aromatic heterocycles. The first kappa shape index (κ1) is 21.0. The van der Waals surface area contributed by atoms with Crippen LogP contribution in [0, 0.1) is 5.41 Å². The normalized spacial score (nSPS) is 16.4. The van der Waals surface area contributed by atoms with E-state index in [0.717, 1.165) is 52.6 Å².